The van der Waals surface area contributed by atoms with Gasteiger partial charge in [-0.25, -0.2) is 23.1 Å². The van der Waals surface area contributed by atoms with Crippen molar-refractivity contribution in [2.75, 3.05) is 18.0 Å². The van der Waals surface area contributed by atoms with Crippen molar-refractivity contribution in [2.45, 2.75) is 30.6 Å². The molecule has 1 aromatic carbocycles. The number of rotatable bonds is 5. The Bertz CT molecular complexity index is 1120. The monoisotopic (exact) mass is 442 g/mol. The van der Waals surface area contributed by atoms with Gasteiger partial charge in [-0.3, -0.25) is 4.79 Å². The number of anilines is 1. The van der Waals surface area contributed by atoms with Gasteiger partial charge in [0.25, 0.3) is 15.9 Å². The third-order valence-electron chi connectivity index (χ3n) is 5.20. The van der Waals surface area contributed by atoms with Crippen LogP contribution >= 0.6 is 11.3 Å². The highest BCUT2D eigenvalue weighted by Gasteiger charge is 2.24. The number of nitrogens with zero attached hydrogens (tertiary/aromatic N) is 3. The second-order valence-corrected chi connectivity index (χ2v) is 9.80. The highest BCUT2D eigenvalue weighted by Crippen LogP contribution is 2.30. The van der Waals surface area contributed by atoms with Gasteiger partial charge in [-0.2, -0.15) is 11.3 Å². The molecule has 7 nitrogen and oxygen atoms in total. The molecule has 0 atom stereocenters. The van der Waals surface area contributed by atoms with Gasteiger partial charge < -0.3 is 4.90 Å². The van der Waals surface area contributed by atoms with Crippen LogP contribution < -0.4 is 9.62 Å². The maximum atomic E-state index is 12.7. The van der Waals surface area contributed by atoms with Gasteiger partial charge in [-0.1, -0.05) is 12.1 Å². The molecule has 1 fully saturated rings. The molecule has 9 heteroatoms. The molecule has 30 heavy (non-hydrogen) atoms. The first kappa shape index (κ1) is 20.5. The molecular weight excluding hydrogens is 420 g/mol. The average molecular weight is 443 g/mol. The van der Waals surface area contributed by atoms with E-state index in [4.69, 9.17) is 0 Å². The topological polar surface area (TPSA) is 92.3 Å². The van der Waals surface area contributed by atoms with Gasteiger partial charge in [0.1, 0.15) is 0 Å². The number of piperidine rings is 1. The van der Waals surface area contributed by atoms with E-state index in [1.165, 1.54) is 17.4 Å². The van der Waals surface area contributed by atoms with Crippen molar-refractivity contribution < 1.29 is 13.2 Å². The van der Waals surface area contributed by atoms with Crippen molar-refractivity contribution >= 4 is 33.2 Å². The minimum absolute atomic E-state index is 0.105. The molecule has 0 bridgehead atoms. The van der Waals surface area contributed by atoms with Crippen LogP contribution in [-0.2, 0) is 10.0 Å². The van der Waals surface area contributed by atoms with E-state index in [0.29, 0.717) is 5.56 Å². The Balaban J connectivity index is 1.44. The second kappa shape index (κ2) is 8.53. The van der Waals surface area contributed by atoms with E-state index in [2.05, 4.69) is 19.6 Å². The quantitative estimate of drug-likeness (QED) is 0.651. The van der Waals surface area contributed by atoms with Crippen molar-refractivity contribution in [1.29, 1.82) is 0 Å². The van der Waals surface area contributed by atoms with Crippen LogP contribution in [-0.4, -0.2) is 37.4 Å². The number of aromatic nitrogens is 2. The van der Waals surface area contributed by atoms with Crippen molar-refractivity contribution in [1.82, 2.24) is 14.7 Å². The van der Waals surface area contributed by atoms with E-state index in [0.717, 1.165) is 43.0 Å². The van der Waals surface area contributed by atoms with E-state index in [1.54, 1.807) is 29.0 Å². The highest BCUT2D eigenvalue weighted by atomic mass is 32.2. The molecule has 3 aromatic rings. The third kappa shape index (κ3) is 4.52. The first-order valence-corrected chi connectivity index (χ1v) is 12.1. The first-order chi connectivity index (χ1) is 14.4. The maximum Gasteiger partial charge on any atom is 0.265 e. The predicted octanol–water partition coefficient (Wildman–Crippen LogP) is 3.35. The van der Waals surface area contributed by atoms with Crippen molar-refractivity contribution in [2.24, 2.45) is 0 Å². The summed E-state index contributed by atoms with van der Waals surface area (Å²) in [5.41, 5.74) is 2.33. The van der Waals surface area contributed by atoms with Gasteiger partial charge >= 0.3 is 0 Å². The third-order valence-corrected chi connectivity index (χ3v) is 7.21. The molecule has 0 aliphatic carbocycles. The minimum Gasteiger partial charge on any atom is -0.341 e. The molecule has 156 valence electrons. The van der Waals surface area contributed by atoms with Gasteiger partial charge in [0.2, 0.25) is 5.95 Å². The number of sulfonamides is 1. The molecule has 0 unspecified atom stereocenters. The van der Waals surface area contributed by atoms with Crippen LogP contribution in [0.15, 0.2) is 58.4 Å². The van der Waals surface area contributed by atoms with Crippen LogP contribution in [0.4, 0.5) is 5.95 Å². The van der Waals surface area contributed by atoms with Crippen LogP contribution in [0, 0.1) is 6.92 Å². The molecule has 0 saturated carbocycles. The van der Waals surface area contributed by atoms with Crippen LogP contribution in [0.25, 0.3) is 0 Å². The van der Waals surface area contributed by atoms with E-state index in [1.807, 2.05) is 25.4 Å². The Kier molecular flexibility index (Phi) is 5.83. The maximum absolute atomic E-state index is 12.7. The highest BCUT2D eigenvalue weighted by molar-refractivity contribution is 7.90. The minimum atomic E-state index is -3.93. The van der Waals surface area contributed by atoms with Crippen LogP contribution in [0.2, 0.25) is 0 Å². The molecule has 4 rings (SSSR count). The normalized spacial score (nSPS) is 15.2. The molecule has 0 spiro atoms. The number of carbonyl (C=O) groups excluding carboxylic acids is 1. The molecule has 3 heterocycles. The van der Waals surface area contributed by atoms with Gasteiger partial charge in [0.15, 0.2) is 0 Å². The molecule has 1 aliphatic rings. The Hall–Kier alpha value is -2.78. The zero-order valence-electron chi connectivity index (χ0n) is 16.5. The Morgan fingerprint density at radius 1 is 1.17 bits per heavy atom. The number of aryl methyl sites for hydroxylation is 1. The smallest absolute Gasteiger partial charge is 0.265 e. The van der Waals surface area contributed by atoms with E-state index >= 15 is 0 Å². The van der Waals surface area contributed by atoms with E-state index in [9.17, 15) is 13.2 Å². The standard InChI is InChI=1S/C21H22N4O3S2/c1-15-12-22-21(23-13-15)25-8-5-16(6-9-25)17-3-2-4-19(11-17)30(27,28)24-20(26)18-7-10-29-14-18/h2-4,7,10-14,16H,5-6,8-9H2,1H3,(H,24,26). The van der Waals surface area contributed by atoms with E-state index < -0.39 is 15.9 Å². The summed E-state index contributed by atoms with van der Waals surface area (Å²) in [4.78, 5) is 23.2. The Labute approximate surface area is 179 Å². The number of nitrogens with one attached hydrogen (secondary N) is 1. The van der Waals surface area contributed by atoms with Gasteiger partial charge in [0.05, 0.1) is 10.5 Å². The van der Waals surface area contributed by atoms with E-state index in [-0.39, 0.29) is 10.8 Å². The number of benzene rings is 1. The average Bonchev–Trinajstić information content (AvgIpc) is 3.30. The fourth-order valence-corrected chi connectivity index (χ4v) is 5.20. The van der Waals surface area contributed by atoms with Crippen molar-refractivity contribution in [3.05, 3.63) is 70.2 Å². The molecule has 0 radical (unpaired) electrons. The second-order valence-electron chi connectivity index (χ2n) is 7.34. The molecule has 1 amide bonds. The summed E-state index contributed by atoms with van der Waals surface area (Å²) in [5.74, 6) is 0.356. The van der Waals surface area contributed by atoms with Crippen LogP contribution in [0.1, 0.15) is 40.2 Å². The fourth-order valence-electron chi connectivity index (χ4n) is 3.53. The lowest BCUT2D eigenvalue weighted by atomic mass is 9.89. The van der Waals surface area contributed by atoms with Gasteiger partial charge in [-0.15, -0.1) is 0 Å². The largest absolute Gasteiger partial charge is 0.341 e. The summed E-state index contributed by atoms with van der Waals surface area (Å²) in [6, 6.07) is 8.46. The molecule has 1 saturated heterocycles. The number of amides is 1. The molecular formula is C21H22N4O3S2. The zero-order chi connectivity index (χ0) is 21.1. The summed E-state index contributed by atoms with van der Waals surface area (Å²) in [5, 5.41) is 3.35. The Morgan fingerprint density at radius 2 is 1.90 bits per heavy atom. The van der Waals surface area contributed by atoms with Gasteiger partial charge in [-0.05, 0) is 60.4 Å². The molecule has 2 aromatic heterocycles. The summed E-state index contributed by atoms with van der Waals surface area (Å²) < 4.78 is 27.5. The number of hydrogen-bond acceptors (Lipinski definition) is 7. The lowest BCUT2D eigenvalue weighted by Gasteiger charge is -2.32. The fraction of sp³-hybridized carbons (Fsp3) is 0.286. The lowest BCUT2D eigenvalue weighted by molar-refractivity contribution is 0.0982. The van der Waals surface area contributed by atoms with Crippen molar-refractivity contribution in [3.8, 4) is 0 Å². The lowest BCUT2D eigenvalue weighted by Crippen LogP contribution is -2.34. The van der Waals surface area contributed by atoms with Crippen LogP contribution in [0.5, 0.6) is 0 Å². The van der Waals surface area contributed by atoms with Crippen molar-refractivity contribution in [3.63, 3.8) is 0 Å². The summed E-state index contributed by atoms with van der Waals surface area (Å²) in [6.45, 7) is 3.57. The Morgan fingerprint density at radius 3 is 2.57 bits per heavy atom. The molecule has 1 aliphatic heterocycles. The number of carbonyl (C=O) groups is 1. The summed E-state index contributed by atoms with van der Waals surface area (Å²) in [6.07, 6.45) is 5.38. The summed E-state index contributed by atoms with van der Waals surface area (Å²) >= 11 is 1.34. The van der Waals surface area contributed by atoms with Gasteiger partial charge in [0, 0.05) is 30.9 Å². The number of hydrogen-bond donors (Lipinski definition) is 1. The zero-order valence-corrected chi connectivity index (χ0v) is 18.1. The SMILES string of the molecule is Cc1cnc(N2CCC(c3cccc(S(=O)(=O)NC(=O)c4ccsc4)c3)CC2)nc1. The number of thiophene rings is 1. The molecule has 1 N–H and O–H groups in total. The van der Waals surface area contributed by atoms with Crippen LogP contribution in [0.3, 0.4) is 0 Å². The predicted molar refractivity (Wildman–Crippen MR) is 116 cm³/mol. The first-order valence-electron chi connectivity index (χ1n) is 9.65. The summed E-state index contributed by atoms with van der Waals surface area (Å²) in [7, 11) is -3.93.